The van der Waals surface area contributed by atoms with Crippen molar-refractivity contribution in [2.75, 3.05) is 0 Å². The van der Waals surface area contributed by atoms with Gasteiger partial charge in [-0.15, -0.1) is 0 Å². The van der Waals surface area contributed by atoms with E-state index < -0.39 is 11.3 Å². The lowest BCUT2D eigenvalue weighted by Crippen LogP contribution is -2.45. The molecule has 0 bridgehead atoms. The monoisotopic (exact) mass is 267 g/mol. The Labute approximate surface area is 117 Å². The molecule has 0 spiro atoms. The first-order valence-corrected chi connectivity index (χ1v) is 7.86. The molecule has 1 saturated carbocycles. The molecule has 1 amide bonds. The van der Waals surface area contributed by atoms with E-state index in [0.29, 0.717) is 6.42 Å². The van der Waals surface area contributed by atoms with Gasteiger partial charge in [0.25, 0.3) is 0 Å². The lowest BCUT2D eigenvalue weighted by Gasteiger charge is -2.31. The zero-order valence-corrected chi connectivity index (χ0v) is 12.5. The first kappa shape index (κ1) is 16.2. The van der Waals surface area contributed by atoms with Crippen molar-refractivity contribution in [3.8, 4) is 0 Å². The molecule has 1 aliphatic carbocycles. The van der Waals surface area contributed by atoms with Gasteiger partial charge in [0.15, 0.2) is 5.78 Å². The van der Waals surface area contributed by atoms with E-state index in [2.05, 4.69) is 6.92 Å². The number of ketones is 1. The van der Waals surface area contributed by atoms with Gasteiger partial charge in [0.2, 0.25) is 5.91 Å². The predicted molar refractivity (Wildman–Crippen MR) is 77.6 cm³/mol. The van der Waals surface area contributed by atoms with Gasteiger partial charge in [-0.3, -0.25) is 9.59 Å². The van der Waals surface area contributed by atoms with Crippen LogP contribution in [0.25, 0.3) is 0 Å². The number of nitrogens with two attached hydrogens (primary N) is 1. The van der Waals surface area contributed by atoms with Crippen LogP contribution in [-0.4, -0.2) is 11.7 Å². The molecule has 0 saturated heterocycles. The van der Waals surface area contributed by atoms with Gasteiger partial charge in [-0.2, -0.15) is 0 Å². The molecule has 2 N–H and O–H groups in total. The van der Waals surface area contributed by atoms with Gasteiger partial charge >= 0.3 is 0 Å². The highest BCUT2D eigenvalue weighted by molar-refractivity contribution is 6.05. The minimum atomic E-state index is -0.935. The van der Waals surface area contributed by atoms with Crippen molar-refractivity contribution in [2.24, 2.45) is 17.1 Å². The SMILES string of the molecule is CCCCCCC(C)(C(N)=O)C(=O)C1CCCCC1. The Morgan fingerprint density at radius 3 is 2.26 bits per heavy atom. The summed E-state index contributed by atoms with van der Waals surface area (Å²) in [5.41, 5.74) is 4.60. The summed E-state index contributed by atoms with van der Waals surface area (Å²) in [5, 5.41) is 0. The lowest BCUT2D eigenvalue weighted by molar-refractivity contribution is -0.143. The van der Waals surface area contributed by atoms with E-state index in [1.54, 1.807) is 6.92 Å². The van der Waals surface area contributed by atoms with E-state index in [1.807, 2.05) is 0 Å². The van der Waals surface area contributed by atoms with Crippen LogP contribution in [0.15, 0.2) is 0 Å². The molecule has 1 rings (SSSR count). The van der Waals surface area contributed by atoms with Crippen molar-refractivity contribution < 1.29 is 9.59 Å². The van der Waals surface area contributed by atoms with Gasteiger partial charge in [-0.05, 0) is 26.2 Å². The van der Waals surface area contributed by atoms with E-state index in [-0.39, 0.29) is 11.7 Å². The molecule has 0 aromatic heterocycles. The Hall–Kier alpha value is -0.860. The third-order valence-electron chi connectivity index (χ3n) is 4.59. The van der Waals surface area contributed by atoms with E-state index in [0.717, 1.165) is 51.4 Å². The number of rotatable bonds is 8. The van der Waals surface area contributed by atoms with Crippen LogP contribution in [0.5, 0.6) is 0 Å². The fourth-order valence-corrected chi connectivity index (χ4v) is 3.09. The van der Waals surface area contributed by atoms with Crippen LogP contribution in [0.3, 0.4) is 0 Å². The molecular formula is C16H29NO2. The molecule has 1 fully saturated rings. The van der Waals surface area contributed by atoms with E-state index >= 15 is 0 Å². The summed E-state index contributed by atoms with van der Waals surface area (Å²) in [4.78, 5) is 24.4. The zero-order valence-electron chi connectivity index (χ0n) is 12.5. The summed E-state index contributed by atoms with van der Waals surface area (Å²) in [6.45, 7) is 3.92. The number of hydrogen-bond acceptors (Lipinski definition) is 2. The Morgan fingerprint density at radius 2 is 1.74 bits per heavy atom. The minimum absolute atomic E-state index is 0.0671. The molecule has 0 aromatic rings. The molecule has 1 atom stereocenters. The summed E-state index contributed by atoms with van der Waals surface area (Å²) in [5.74, 6) is -0.256. The molecule has 1 unspecified atom stereocenters. The summed E-state index contributed by atoms with van der Waals surface area (Å²) >= 11 is 0. The van der Waals surface area contributed by atoms with E-state index in [4.69, 9.17) is 5.73 Å². The average Bonchev–Trinajstić information content (AvgIpc) is 2.43. The molecule has 0 aromatic carbocycles. The smallest absolute Gasteiger partial charge is 0.230 e. The second-order valence-electron chi connectivity index (χ2n) is 6.21. The topological polar surface area (TPSA) is 60.2 Å². The highest BCUT2D eigenvalue weighted by Crippen LogP contribution is 2.35. The summed E-state index contributed by atoms with van der Waals surface area (Å²) in [7, 11) is 0. The number of hydrogen-bond donors (Lipinski definition) is 1. The summed E-state index contributed by atoms with van der Waals surface area (Å²) in [6.07, 6.45) is 10.3. The lowest BCUT2D eigenvalue weighted by atomic mass is 9.71. The van der Waals surface area contributed by atoms with Crippen molar-refractivity contribution >= 4 is 11.7 Å². The van der Waals surface area contributed by atoms with Crippen molar-refractivity contribution in [1.29, 1.82) is 0 Å². The number of unbranched alkanes of at least 4 members (excludes halogenated alkanes) is 3. The highest BCUT2D eigenvalue weighted by Gasteiger charge is 2.42. The highest BCUT2D eigenvalue weighted by atomic mass is 16.2. The Morgan fingerprint density at radius 1 is 1.11 bits per heavy atom. The maximum Gasteiger partial charge on any atom is 0.230 e. The maximum atomic E-state index is 12.6. The molecule has 19 heavy (non-hydrogen) atoms. The molecule has 0 aliphatic heterocycles. The van der Waals surface area contributed by atoms with Crippen LogP contribution < -0.4 is 5.73 Å². The Bertz CT molecular complexity index is 308. The van der Waals surface area contributed by atoms with Gasteiger partial charge < -0.3 is 5.73 Å². The van der Waals surface area contributed by atoms with Crippen molar-refractivity contribution in [3.63, 3.8) is 0 Å². The molecule has 1 aliphatic rings. The second kappa shape index (κ2) is 7.66. The number of Topliss-reactive ketones (excluding diaryl/α,β-unsaturated/α-hetero) is 1. The Balaban J connectivity index is 2.62. The van der Waals surface area contributed by atoms with Crippen LogP contribution in [0.4, 0.5) is 0 Å². The van der Waals surface area contributed by atoms with Crippen LogP contribution >= 0.6 is 0 Å². The van der Waals surface area contributed by atoms with Crippen molar-refractivity contribution in [3.05, 3.63) is 0 Å². The minimum Gasteiger partial charge on any atom is -0.369 e. The maximum absolute atomic E-state index is 12.6. The number of carbonyl (C=O) groups excluding carboxylic acids is 2. The second-order valence-corrected chi connectivity index (χ2v) is 6.21. The van der Waals surface area contributed by atoms with Gasteiger partial charge in [-0.1, -0.05) is 51.9 Å². The zero-order chi connectivity index (χ0) is 14.3. The molecule has 3 nitrogen and oxygen atoms in total. The third-order valence-corrected chi connectivity index (χ3v) is 4.59. The van der Waals surface area contributed by atoms with Gasteiger partial charge in [0.05, 0.1) is 0 Å². The van der Waals surface area contributed by atoms with E-state index in [1.165, 1.54) is 6.42 Å². The predicted octanol–water partition coefficient (Wildman–Crippen LogP) is 3.60. The first-order chi connectivity index (χ1) is 9.02. The first-order valence-electron chi connectivity index (χ1n) is 7.86. The van der Waals surface area contributed by atoms with Crippen molar-refractivity contribution in [1.82, 2.24) is 0 Å². The van der Waals surface area contributed by atoms with Gasteiger partial charge in [-0.25, -0.2) is 0 Å². The standard InChI is InChI=1S/C16H29NO2/c1-3-4-5-9-12-16(2,15(17)19)14(18)13-10-7-6-8-11-13/h13H,3-12H2,1-2H3,(H2,17,19). The molecular weight excluding hydrogens is 238 g/mol. The van der Waals surface area contributed by atoms with Gasteiger partial charge in [0, 0.05) is 5.92 Å². The third kappa shape index (κ3) is 4.32. The average molecular weight is 267 g/mol. The van der Waals surface area contributed by atoms with Gasteiger partial charge in [0.1, 0.15) is 5.41 Å². The largest absolute Gasteiger partial charge is 0.369 e. The van der Waals surface area contributed by atoms with Crippen LogP contribution in [0.2, 0.25) is 0 Å². The molecule has 0 heterocycles. The fraction of sp³-hybridized carbons (Fsp3) is 0.875. The molecule has 110 valence electrons. The quantitative estimate of drug-likeness (QED) is 0.539. The number of carbonyl (C=O) groups is 2. The summed E-state index contributed by atoms with van der Waals surface area (Å²) in [6, 6.07) is 0. The normalized spacial score (nSPS) is 19.9. The van der Waals surface area contributed by atoms with Crippen LogP contribution in [-0.2, 0) is 9.59 Å². The summed E-state index contributed by atoms with van der Waals surface area (Å²) < 4.78 is 0. The van der Waals surface area contributed by atoms with Crippen LogP contribution in [0, 0.1) is 11.3 Å². The fourth-order valence-electron chi connectivity index (χ4n) is 3.09. The Kier molecular flexibility index (Phi) is 6.53. The van der Waals surface area contributed by atoms with E-state index in [9.17, 15) is 9.59 Å². The molecule has 0 radical (unpaired) electrons. The van der Waals surface area contributed by atoms with Crippen molar-refractivity contribution in [2.45, 2.75) is 78.1 Å². The number of primary amides is 1. The number of amides is 1. The molecule has 3 heteroatoms. The van der Waals surface area contributed by atoms with Crippen LogP contribution in [0.1, 0.15) is 78.1 Å².